The fourth-order valence-corrected chi connectivity index (χ4v) is 1.75. The van der Waals surface area contributed by atoms with Crippen molar-refractivity contribution in [1.29, 1.82) is 0 Å². The Bertz CT molecular complexity index is 456. The minimum Gasteiger partial charge on any atom is -0.493 e. The number of benzene rings is 1. The van der Waals surface area contributed by atoms with Crippen molar-refractivity contribution in [3.63, 3.8) is 0 Å². The van der Waals surface area contributed by atoms with E-state index in [1.165, 1.54) is 27.1 Å². The Kier molecular flexibility index (Phi) is 3.60. The summed E-state index contributed by atoms with van der Waals surface area (Å²) in [5, 5.41) is 2.88. The summed E-state index contributed by atoms with van der Waals surface area (Å²) in [6.45, 7) is 0.715. The first-order chi connectivity index (χ1) is 8.65. The van der Waals surface area contributed by atoms with Gasteiger partial charge in [0.2, 0.25) is 0 Å². The van der Waals surface area contributed by atoms with Gasteiger partial charge in [-0.1, -0.05) is 0 Å². The highest BCUT2D eigenvalue weighted by Gasteiger charge is 2.23. The molecule has 2 rings (SSSR count). The number of anilines is 1. The largest absolute Gasteiger partial charge is 0.493 e. The van der Waals surface area contributed by atoms with E-state index in [0.29, 0.717) is 35.2 Å². The lowest BCUT2D eigenvalue weighted by Crippen LogP contribution is -2.26. The number of rotatable bonds is 5. The molecular weight excluding hydrogens is 232 g/mol. The van der Waals surface area contributed by atoms with Crippen LogP contribution < -0.4 is 20.5 Å². The van der Waals surface area contributed by atoms with E-state index in [-0.39, 0.29) is 5.91 Å². The Hall–Kier alpha value is -1.91. The first-order valence-electron chi connectivity index (χ1n) is 5.95. The van der Waals surface area contributed by atoms with Crippen LogP contribution in [0.1, 0.15) is 23.2 Å². The maximum atomic E-state index is 12.0. The van der Waals surface area contributed by atoms with E-state index in [1.807, 2.05) is 0 Å². The van der Waals surface area contributed by atoms with E-state index >= 15 is 0 Å². The molecule has 0 radical (unpaired) electrons. The molecule has 0 atom stereocenters. The molecule has 1 amide bonds. The molecule has 0 unspecified atom stereocenters. The summed E-state index contributed by atoms with van der Waals surface area (Å²) < 4.78 is 10.3. The second-order valence-corrected chi connectivity index (χ2v) is 4.45. The Morgan fingerprint density at radius 2 is 1.94 bits per heavy atom. The van der Waals surface area contributed by atoms with Gasteiger partial charge in [0, 0.05) is 18.3 Å². The third-order valence-electron chi connectivity index (χ3n) is 3.05. The number of methoxy groups -OCH3 is 2. The minimum absolute atomic E-state index is 0.166. The van der Waals surface area contributed by atoms with Crippen LogP contribution in [0.4, 0.5) is 5.69 Å². The van der Waals surface area contributed by atoms with Crippen LogP contribution in [0.15, 0.2) is 12.1 Å². The van der Waals surface area contributed by atoms with Crippen molar-refractivity contribution in [3.05, 3.63) is 17.7 Å². The van der Waals surface area contributed by atoms with Crippen LogP contribution in [-0.4, -0.2) is 26.7 Å². The lowest BCUT2D eigenvalue weighted by molar-refractivity contribution is 0.0952. The number of ether oxygens (including phenoxy) is 2. The Labute approximate surface area is 106 Å². The van der Waals surface area contributed by atoms with Crippen LogP contribution in [0.3, 0.4) is 0 Å². The van der Waals surface area contributed by atoms with Crippen LogP contribution in [0.2, 0.25) is 0 Å². The van der Waals surface area contributed by atoms with Crippen LogP contribution in [0, 0.1) is 5.92 Å². The molecule has 1 fully saturated rings. The van der Waals surface area contributed by atoms with E-state index in [1.54, 1.807) is 12.1 Å². The SMILES string of the molecule is COc1cc(N)c(C(=O)NCC2CC2)cc1OC. The molecule has 18 heavy (non-hydrogen) atoms. The highest BCUT2D eigenvalue weighted by molar-refractivity contribution is 6.00. The van der Waals surface area contributed by atoms with Crippen LogP contribution >= 0.6 is 0 Å². The summed E-state index contributed by atoms with van der Waals surface area (Å²) in [5.41, 5.74) is 6.66. The van der Waals surface area contributed by atoms with Gasteiger partial charge in [0.25, 0.3) is 5.91 Å². The summed E-state index contributed by atoms with van der Waals surface area (Å²) in [4.78, 5) is 12.0. The molecule has 5 heteroatoms. The Balaban J connectivity index is 2.17. The van der Waals surface area contributed by atoms with Crippen molar-refractivity contribution >= 4 is 11.6 Å². The van der Waals surface area contributed by atoms with E-state index in [9.17, 15) is 4.79 Å². The Morgan fingerprint density at radius 3 is 2.50 bits per heavy atom. The summed E-state index contributed by atoms with van der Waals surface area (Å²) in [7, 11) is 3.06. The van der Waals surface area contributed by atoms with Gasteiger partial charge < -0.3 is 20.5 Å². The van der Waals surface area contributed by atoms with Gasteiger partial charge in [-0.2, -0.15) is 0 Å². The molecule has 0 heterocycles. The predicted molar refractivity (Wildman–Crippen MR) is 69.0 cm³/mol. The number of carbonyl (C=O) groups excluding carboxylic acids is 1. The molecular formula is C13H18N2O3. The van der Waals surface area contributed by atoms with Crippen molar-refractivity contribution in [1.82, 2.24) is 5.32 Å². The third-order valence-corrected chi connectivity index (χ3v) is 3.05. The number of hydrogen-bond donors (Lipinski definition) is 2. The number of carbonyl (C=O) groups is 1. The van der Waals surface area contributed by atoms with Gasteiger partial charge in [0.1, 0.15) is 0 Å². The smallest absolute Gasteiger partial charge is 0.253 e. The number of amides is 1. The van der Waals surface area contributed by atoms with Gasteiger partial charge >= 0.3 is 0 Å². The topological polar surface area (TPSA) is 73.6 Å². The van der Waals surface area contributed by atoms with E-state index in [2.05, 4.69) is 5.32 Å². The first kappa shape index (κ1) is 12.5. The zero-order valence-electron chi connectivity index (χ0n) is 10.7. The fourth-order valence-electron chi connectivity index (χ4n) is 1.75. The Morgan fingerprint density at radius 1 is 1.33 bits per heavy atom. The molecule has 0 bridgehead atoms. The lowest BCUT2D eigenvalue weighted by Gasteiger charge is -2.12. The van der Waals surface area contributed by atoms with Gasteiger partial charge in [-0.25, -0.2) is 0 Å². The molecule has 0 spiro atoms. The second kappa shape index (κ2) is 5.16. The van der Waals surface area contributed by atoms with Gasteiger partial charge in [-0.3, -0.25) is 4.79 Å². The minimum atomic E-state index is -0.166. The van der Waals surface area contributed by atoms with Crippen molar-refractivity contribution in [2.75, 3.05) is 26.5 Å². The highest BCUT2D eigenvalue weighted by Crippen LogP contribution is 2.32. The maximum absolute atomic E-state index is 12.0. The summed E-state index contributed by atoms with van der Waals surface area (Å²) >= 11 is 0. The molecule has 1 aliphatic rings. The zero-order valence-corrected chi connectivity index (χ0v) is 10.7. The first-order valence-corrected chi connectivity index (χ1v) is 5.95. The molecule has 0 aromatic heterocycles. The van der Waals surface area contributed by atoms with Crippen LogP contribution in [0.25, 0.3) is 0 Å². The lowest BCUT2D eigenvalue weighted by atomic mass is 10.1. The van der Waals surface area contributed by atoms with Crippen molar-refractivity contribution < 1.29 is 14.3 Å². The fraction of sp³-hybridized carbons (Fsp3) is 0.462. The van der Waals surface area contributed by atoms with E-state index in [4.69, 9.17) is 15.2 Å². The molecule has 1 aromatic carbocycles. The second-order valence-electron chi connectivity index (χ2n) is 4.45. The van der Waals surface area contributed by atoms with E-state index < -0.39 is 0 Å². The number of nitrogens with two attached hydrogens (primary N) is 1. The summed E-state index contributed by atoms with van der Waals surface area (Å²) in [6.07, 6.45) is 2.39. The van der Waals surface area contributed by atoms with Crippen molar-refractivity contribution in [2.24, 2.45) is 5.92 Å². The molecule has 3 N–H and O–H groups in total. The van der Waals surface area contributed by atoms with E-state index in [0.717, 1.165) is 0 Å². The van der Waals surface area contributed by atoms with Crippen molar-refractivity contribution in [3.8, 4) is 11.5 Å². The molecule has 1 aromatic rings. The van der Waals surface area contributed by atoms with Gasteiger partial charge in [-0.15, -0.1) is 0 Å². The molecule has 0 saturated heterocycles. The summed E-state index contributed by atoms with van der Waals surface area (Å²) in [5.74, 6) is 1.49. The van der Waals surface area contributed by atoms with Crippen molar-refractivity contribution in [2.45, 2.75) is 12.8 Å². The molecule has 98 valence electrons. The number of nitrogen functional groups attached to an aromatic ring is 1. The zero-order chi connectivity index (χ0) is 13.1. The average Bonchev–Trinajstić information content (AvgIpc) is 3.19. The van der Waals surface area contributed by atoms with Gasteiger partial charge in [0.05, 0.1) is 19.8 Å². The summed E-state index contributed by atoms with van der Waals surface area (Å²) in [6, 6.07) is 3.21. The normalized spacial score (nSPS) is 14.1. The van der Waals surface area contributed by atoms with Crippen LogP contribution in [0.5, 0.6) is 11.5 Å². The average molecular weight is 250 g/mol. The van der Waals surface area contributed by atoms with Crippen LogP contribution in [-0.2, 0) is 0 Å². The molecule has 1 saturated carbocycles. The van der Waals surface area contributed by atoms with Gasteiger partial charge in [-0.05, 0) is 24.8 Å². The number of nitrogens with one attached hydrogen (secondary N) is 1. The monoisotopic (exact) mass is 250 g/mol. The number of hydrogen-bond acceptors (Lipinski definition) is 4. The maximum Gasteiger partial charge on any atom is 0.253 e. The molecule has 5 nitrogen and oxygen atoms in total. The molecule has 0 aliphatic heterocycles. The molecule has 1 aliphatic carbocycles. The standard InChI is InChI=1S/C13H18N2O3/c1-17-11-5-9(10(14)6-12(11)18-2)13(16)15-7-8-3-4-8/h5-6,8H,3-4,7,14H2,1-2H3,(H,15,16). The third kappa shape index (κ3) is 2.67. The van der Waals surface area contributed by atoms with Gasteiger partial charge in [0.15, 0.2) is 11.5 Å². The predicted octanol–water partition coefficient (Wildman–Crippen LogP) is 1.43. The highest BCUT2D eigenvalue weighted by atomic mass is 16.5. The quantitative estimate of drug-likeness (QED) is 0.775.